The maximum absolute atomic E-state index is 13.1. The molecule has 0 amide bonds. The fraction of sp³-hybridized carbons (Fsp3) is 0. The standard InChI is InChI=1S/C13H8FNS/c14-13-7-6-12(8-10(13)9-15)16-11-4-2-1-3-5-11/h1-8H. The Morgan fingerprint density at radius 1 is 1.00 bits per heavy atom. The Morgan fingerprint density at radius 3 is 2.44 bits per heavy atom. The van der Waals surface area contributed by atoms with Crippen molar-refractivity contribution < 1.29 is 4.39 Å². The zero-order valence-electron chi connectivity index (χ0n) is 8.35. The molecule has 0 atom stereocenters. The predicted octanol–water partition coefficient (Wildman–Crippen LogP) is 3.85. The van der Waals surface area contributed by atoms with E-state index in [1.165, 1.54) is 17.8 Å². The van der Waals surface area contributed by atoms with Crippen molar-refractivity contribution in [2.45, 2.75) is 9.79 Å². The summed E-state index contributed by atoms with van der Waals surface area (Å²) in [5.41, 5.74) is 0.0842. The van der Waals surface area contributed by atoms with Crippen molar-refractivity contribution in [1.82, 2.24) is 0 Å². The number of nitriles is 1. The third-order valence-electron chi connectivity index (χ3n) is 2.04. The first kappa shape index (κ1) is 10.7. The molecular formula is C13H8FNS. The Balaban J connectivity index is 2.27. The van der Waals surface area contributed by atoms with Crippen LogP contribution in [-0.2, 0) is 0 Å². The number of hydrogen-bond acceptors (Lipinski definition) is 2. The van der Waals surface area contributed by atoms with Crippen LogP contribution >= 0.6 is 11.8 Å². The Hall–Kier alpha value is -1.79. The molecule has 0 aliphatic carbocycles. The maximum atomic E-state index is 13.1. The SMILES string of the molecule is N#Cc1cc(Sc2ccccc2)ccc1F. The average Bonchev–Trinajstić information content (AvgIpc) is 2.33. The summed E-state index contributed by atoms with van der Waals surface area (Å²) in [5.74, 6) is -0.472. The molecule has 0 bridgehead atoms. The van der Waals surface area contributed by atoms with Gasteiger partial charge in [0.05, 0.1) is 5.56 Å². The van der Waals surface area contributed by atoms with E-state index >= 15 is 0 Å². The van der Waals surface area contributed by atoms with E-state index in [0.717, 1.165) is 9.79 Å². The summed E-state index contributed by atoms with van der Waals surface area (Å²) in [4.78, 5) is 1.93. The van der Waals surface area contributed by atoms with Crippen LogP contribution in [0.15, 0.2) is 58.3 Å². The van der Waals surface area contributed by atoms with E-state index in [2.05, 4.69) is 0 Å². The lowest BCUT2D eigenvalue weighted by atomic mass is 10.2. The first-order valence-corrected chi connectivity index (χ1v) is 5.54. The van der Waals surface area contributed by atoms with E-state index in [9.17, 15) is 4.39 Å². The molecule has 2 aromatic rings. The molecule has 0 N–H and O–H groups in total. The number of benzene rings is 2. The van der Waals surface area contributed by atoms with Gasteiger partial charge in [-0.25, -0.2) is 4.39 Å². The second kappa shape index (κ2) is 4.82. The van der Waals surface area contributed by atoms with Crippen molar-refractivity contribution in [3.63, 3.8) is 0 Å². The van der Waals surface area contributed by atoms with Crippen molar-refractivity contribution in [1.29, 1.82) is 5.26 Å². The second-order valence-corrected chi connectivity index (χ2v) is 4.32. The first-order chi connectivity index (χ1) is 7.79. The Bertz CT molecular complexity index is 531. The summed E-state index contributed by atoms with van der Waals surface area (Å²) in [6, 6.07) is 16.2. The minimum atomic E-state index is -0.472. The summed E-state index contributed by atoms with van der Waals surface area (Å²) in [7, 11) is 0. The van der Waals surface area contributed by atoms with Crippen molar-refractivity contribution in [3.05, 3.63) is 59.9 Å². The first-order valence-electron chi connectivity index (χ1n) is 4.72. The minimum Gasteiger partial charge on any atom is -0.206 e. The maximum Gasteiger partial charge on any atom is 0.141 e. The van der Waals surface area contributed by atoms with Crippen LogP contribution in [-0.4, -0.2) is 0 Å². The predicted molar refractivity (Wildman–Crippen MR) is 61.7 cm³/mol. The van der Waals surface area contributed by atoms with E-state index in [0.29, 0.717) is 0 Å². The molecule has 2 rings (SSSR count). The highest BCUT2D eigenvalue weighted by Gasteiger charge is 2.03. The van der Waals surface area contributed by atoms with Crippen LogP contribution < -0.4 is 0 Å². The zero-order valence-corrected chi connectivity index (χ0v) is 9.17. The van der Waals surface area contributed by atoms with Crippen LogP contribution in [0.25, 0.3) is 0 Å². The van der Waals surface area contributed by atoms with Crippen molar-refractivity contribution in [3.8, 4) is 6.07 Å². The van der Waals surface area contributed by atoms with E-state index < -0.39 is 5.82 Å². The molecule has 0 heterocycles. The molecule has 0 aromatic heterocycles. The van der Waals surface area contributed by atoms with Gasteiger partial charge in [-0.05, 0) is 30.3 Å². The Morgan fingerprint density at radius 2 is 1.75 bits per heavy atom. The van der Waals surface area contributed by atoms with Crippen LogP contribution in [0.3, 0.4) is 0 Å². The van der Waals surface area contributed by atoms with Gasteiger partial charge in [-0.3, -0.25) is 0 Å². The molecule has 0 aliphatic rings. The number of nitrogens with zero attached hydrogens (tertiary/aromatic N) is 1. The molecule has 0 spiro atoms. The zero-order chi connectivity index (χ0) is 11.4. The molecule has 0 radical (unpaired) electrons. The highest BCUT2D eigenvalue weighted by molar-refractivity contribution is 7.99. The molecule has 0 unspecified atom stereocenters. The lowest BCUT2D eigenvalue weighted by Crippen LogP contribution is -1.83. The van der Waals surface area contributed by atoms with Crippen molar-refractivity contribution in [2.24, 2.45) is 0 Å². The third kappa shape index (κ3) is 2.41. The van der Waals surface area contributed by atoms with Gasteiger partial charge >= 0.3 is 0 Å². The molecule has 2 aromatic carbocycles. The van der Waals surface area contributed by atoms with E-state index in [1.807, 2.05) is 36.4 Å². The Kier molecular flexibility index (Phi) is 3.23. The lowest BCUT2D eigenvalue weighted by Gasteiger charge is -2.02. The summed E-state index contributed by atoms with van der Waals surface area (Å²) in [6.07, 6.45) is 0. The van der Waals surface area contributed by atoms with Crippen LogP contribution in [0, 0.1) is 17.1 Å². The molecule has 0 aliphatic heterocycles. The largest absolute Gasteiger partial charge is 0.206 e. The Labute approximate surface area is 97.5 Å². The summed E-state index contributed by atoms with van der Waals surface area (Å²) >= 11 is 1.51. The average molecular weight is 229 g/mol. The fourth-order valence-corrected chi connectivity index (χ4v) is 2.16. The van der Waals surface area contributed by atoms with Gasteiger partial charge in [0.1, 0.15) is 11.9 Å². The summed E-state index contributed by atoms with van der Waals surface area (Å²) < 4.78 is 13.1. The highest BCUT2D eigenvalue weighted by Crippen LogP contribution is 2.28. The summed E-state index contributed by atoms with van der Waals surface area (Å²) in [6.45, 7) is 0. The highest BCUT2D eigenvalue weighted by atomic mass is 32.2. The molecule has 3 heteroatoms. The van der Waals surface area contributed by atoms with Crippen LogP contribution in [0.4, 0.5) is 4.39 Å². The van der Waals surface area contributed by atoms with Gasteiger partial charge in [-0.2, -0.15) is 5.26 Å². The molecule has 0 saturated carbocycles. The smallest absolute Gasteiger partial charge is 0.141 e. The van der Waals surface area contributed by atoms with Crippen LogP contribution in [0.2, 0.25) is 0 Å². The van der Waals surface area contributed by atoms with Crippen LogP contribution in [0.1, 0.15) is 5.56 Å². The van der Waals surface area contributed by atoms with Gasteiger partial charge in [0.25, 0.3) is 0 Å². The quantitative estimate of drug-likeness (QED) is 0.781. The topological polar surface area (TPSA) is 23.8 Å². The van der Waals surface area contributed by atoms with Crippen LogP contribution in [0.5, 0.6) is 0 Å². The molecular weight excluding hydrogens is 221 g/mol. The van der Waals surface area contributed by atoms with E-state index in [4.69, 9.17) is 5.26 Å². The van der Waals surface area contributed by atoms with Gasteiger partial charge in [0.15, 0.2) is 0 Å². The second-order valence-electron chi connectivity index (χ2n) is 3.17. The number of halogens is 1. The third-order valence-corrected chi connectivity index (χ3v) is 3.03. The number of rotatable bonds is 2. The molecule has 16 heavy (non-hydrogen) atoms. The fourth-order valence-electron chi connectivity index (χ4n) is 1.28. The summed E-state index contributed by atoms with van der Waals surface area (Å²) in [5, 5.41) is 8.71. The molecule has 0 fully saturated rings. The van der Waals surface area contributed by atoms with Crippen molar-refractivity contribution in [2.75, 3.05) is 0 Å². The van der Waals surface area contributed by atoms with E-state index in [-0.39, 0.29) is 5.56 Å². The van der Waals surface area contributed by atoms with Gasteiger partial charge in [0.2, 0.25) is 0 Å². The minimum absolute atomic E-state index is 0.0842. The normalized spacial score (nSPS) is 9.75. The van der Waals surface area contributed by atoms with E-state index in [1.54, 1.807) is 12.1 Å². The molecule has 1 nitrogen and oxygen atoms in total. The van der Waals surface area contributed by atoms with Gasteiger partial charge < -0.3 is 0 Å². The monoisotopic (exact) mass is 229 g/mol. The van der Waals surface area contributed by atoms with Gasteiger partial charge in [-0.1, -0.05) is 30.0 Å². The molecule has 78 valence electrons. The number of hydrogen-bond donors (Lipinski definition) is 0. The van der Waals surface area contributed by atoms with Gasteiger partial charge in [0, 0.05) is 9.79 Å². The molecule has 0 saturated heterocycles. The van der Waals surface area contributed by atoms with Crippen molar-refractivity contribution >= 4 is 11.8 Å². The lowest BCUT2D eigenvalue weighted by molar-refractivity contribution is 0.622. The van der Waals surface area contributed by atoms with Gasteiger partial charge in [-0.15, -0.1) is 0 Å².